The van der Waals surface area contributed by atoms with Crippen LogP contribution in [0.5, 0.6) is 5.75 Å². The van der Waals surface area contributed by atoms with Gasteiger partial charge in [-0.2, -0.15) is 0 Å². The fourth-order valence-corrected chi connectivity index (χ4v) is 4.56. The van der Waals surface area contributed by atoms with E-state index in [0.717, 1.165) is 23.4 Å². The molecule has 4 rings (SSSR count). The maximum atomic E-state index is 13.1. The van der Waals surface area contributed by atoms with Gasteiger partial charge in [-0.1, -0.05) is 24.3 Å². The van der Waals surface area contributed by atoms with Crippen molar-refractivity contribution in [2.24, 2.45) is 0 Å². The molecule has 6 nitrogen and oxygen atoms in total. The second-order valence-electron chi connectivity index (χ2n) is 7.29. The zero-order chi connectivity index (χ0) is 22.0. The van der Waals surface area contributed by atoms with Gasteiger partial charge < -0.3 is 10.1 Å². The lowest BCUT2D eigenvalue weighted by atomic mass is 9.99. The van der Waals surface area contributed by atoms with Crippen molar-refractivity contribution in [1.82, 2.24) is 5.32 Å². The Hall–Kier alpha value is -3.39. The Morgan fingerprint density at radius 2 is 1.81 bits per heavy atom. The first-order chi connectivity index (χ1) is 14.8. The van der Waals surface area contributed by atoms with Crippen LogP contribution in [0.3, 0.4) is 0 Å². The molecular weight excluding hydrogens is 419 g/mol. The molecule has 3 aromatic rings. The summed E-state index contributed by atoms with van der Waals surface area (Å²) >= 11 is 0. The number of benzene rings is 3. The fraction of sp³-hybridized carbons (Fsp3) is 0.174. The zero-order valence-electron chi connectivity index (χ0n) is 16.8. The molecule has 0 radical (unpaired) electrons. The molecule has 1 heterocycles. The molecule has 1 aliphatic heterocycles. The van der Waals surface area contributed by atoms with Gasteiger partial charge >= 0.3 is 0 Å². The molecule has 0 bridgehead atoms. The Labute approximate surface area is 180 Å². The molecule has 31 heavy (non-hydrogen) atoms. The second kappa shape index (κ2) is 8.39. The van der Waals surface area contributed by atoms with Crippen LogP contribution in [-0.2, 0) is 10.0 Å². The summed E-state index contributed by atoms with van der Waals surface area (Å²) in [5.41, 5.74) is 2.04. The Morgan fingerprint density at radius 1 is 1.06 bits per heavy atom. The highest BCUT2D eigenvalue weighted by Crippen LogP contribution is 2.32. The van der Waals surface area contributed by atoms with Crippen molar-refractivity contribution in [2.75, 3.05) is 11.3 Å². The summed E-state index contributed by atoms with van der Waals surface area (Å²) in [5.74, 6) is -0.0967. The van der Waals surface area contributed by atoms with Gasteiger partial charge in [0, 0.05) is 23.2 Å². The first-order valence-electron chi connectivity index (χ1n) is 9.75. The Bertz CT molecular complexity index is 1230. The highest BCUT2D eigenvalue weighted by Gasteiger charge is 2.25. The molecule has 1 aliphatic rings. The molecule has 8 heteroatoms. The number of para-hydroxylation sites is 1. The van der Waals surface area contributed by atoms with Crippen molar-refractivity contribution in [3.05, 3.63) is 89.2 Å². The number of carbonyl (C=O) groups excluding carboxylic acids is 1. The topological polar surface area (TPSA) is 84.5 Å². The van der Waals surface area contributed by atoms with Crippen molar-refractivity contribution in [1.29, 1.82) is 0 Å². The molecule has 0 aromatic heterocycles. The van der Waals surface area contributed by atoms with Crippen LogP contribution in [0.1, 0.15) is 33.9 Å². The van der Waals surface area contributed by atoms with Crippen LogP contribution >= 0.6 is 0 Å². The molecule has 0 spiro atoms. The molecule has 0 saturated heterocycles. The van der Waals surface area contributed by atoms with E-state index in [1.165, 1.54) is 24.3 Å². The quantitative estimate of drug-likeness (QED) is 0.623. The normalized spacial score (nSPS) is 15.5. The number of hydrogen-bond donors (Lipinski definition) is 2. The Kier molecular flexibility index (Phi) is 5.65. The van der Waals surface area contributed by atoms with Crippen molar-refractivity contribution in [3.8, 4) is 5.75 Å². The Morgan fingerprint density at radius 3 is 2.58 bits per heavy atom. The number of hydrogen-bond acceptors (Lipinski definition) is 4. The standard InChI is InChI=1S/C23H21FN2O4S/c1-15-6-11-18(31(28,29)26-17-9-7-16(24)8-10-17)14-20(15)23(27)25-21-12-13-30-22-5-3-2-4-19(21)22/h2-11,14,21,26H,12-13H2,1H3,(H,25,27). The summed E-state index contributed by atoms with van der Waals surface area (Å²) in [7, 11) is -3.95. The largest absolute Gasteiger partial charge is 0.493 e. The van der Waals surface area contributed by atoms with Crippen LogP contribution < -0.4 is 14.8 Å². The van der Waals surface area contributed by atoms with Crippen LogP contribution in [0.25, 0.3) is 0 Å². The third-order valence-corrected chi connectivity index (χ3v) is 6.50. The van der Waals surface area contributed by atoms with Crippen molar-refractivity contribution in [3.63, 3.8) is 0 Å². The minimum absolute atomic E-state index is 0.0556. The van der Waals surface area contributed by atoms with Gasteiger partial charge in [0.05, 0.1) is 17.5 Å². The number of rotatable bonds is 5. The molecule has 0 saturated carbocycles. The molecule has 2 N–H and O–H groups in total. The minimum atomic E-state index is -3.95. The molecule has 1 atom stereocenters. The average Bonchev–Trinajstić information content (AvgIpc) is 2.75. The van der Waals surface area contributed by atoms with Gasteiger partial charge in [0.25, 0.3) is 15.9 Å². The number of sulfonamides is 1. The molecule has 0 aliphatic carbocycles. The predicted molar refractivity (Wildman–Crippen MR) is 115 cm³/mol. The van der Waals surface area contributed by atoms with Crippen LogP contribution in [0.15, 0.2) is 71.6 Å². The second-order valence-corrected chi connectivity index (χ2v) is 8.97. The van der Waals surface area contributed by atoms with Gasteiger partial charge in [0.2, 0.25) is 0 Å². The van der Waals surface area contributed by atoms with E-state index in [2.05, 4.69) is 10.0 Å². The van der Waals surface area contributed by atoms with Gasteiger partial charge in [-0.3, -0.25) is 9.52 Å². The number of aryl methyl sites for hydroxylation is 1. The van der Waals surface area contributed by atoms with Crippen LogP contribution in [0.4, 0.5) is 10.1 Å². The number of carbonyl (C=O) groups is 1. The predicted octanol–water partition coefficient (Wildman–Crippen LogP) is 4.19. The van der Waals surface area contributed by atoms with Gasteiger partial charge in [-0.25, -0.2) is 12.8 Å². The van der Waals surface area contributed by atoms with E-state index < -0.39 is 15.8 Å². The zero-order valence-corrected chi connectivity index (χ0v) is 17.6. The first kappa shape index (κ1) is 20.9. The lowest BCUT2D eigenvalue weighted by Crippen LogP contribution is -2.32. The summed E-state index contributed by atoms with van der Waals surface area (Å²) < 4.78 is 46.7. The van der Waals surface area contributed by atoms with Crippen LogP contribution in [-0.4, -0.2) is 20.9 Å². The van der Waals surface area contributed by atoms with E-state index in [1.54, 1.807) is 13.0 Å². The monoisotopic (exact) mass is 440 g/mol. The first-order valence-corrected chi connectivity index (χ1v) is 11.2. The highest BCUT2D eigenvalue weighted by atomic mass is 32.2. The van der Waals surface area contributed by atoms with Crippen molar-refractivity contribution >= 4 is 21.6 Å². The number of ether oxygens (including phenoxy) is 1. The summed E-state index contributed by atoms with van der Waals surface area (Å²) in [6.45, 7) is 2.23. The molecular formula is C23H21FN2O4S. The average molecular weight is 440 g/mol. The van der Waals surface area contributed by atoms with Gasteiger partial charge in [0.1, 0.15) is 11.6 Å². The molecule has 3 aromatic carbocycles. The lowest BCUT2D eigenvalue weighted by Gasteiger charge is -2.27. The summed E-state index contributed by atoms with van der Waals surface area (Å²) in [5, 5.41) is 2.99. The smallest absolute Gasteiger partial charge is 0.261 e. The van der Waals surface area contributed by atoms with E-state index in [0.29, 0.717) is 18.6 Å². The highest BCUT2D eigenvalue weighted by molar-refractivity contribution is 7.92. The molecule has 1 amide bonds. The maximum absolute atomic E-state index is 13.1. The summed E-state index contributed by atoms with van der Waals surface area (Å²) in [6.07, 6.45) is 0.617. The molecule has 1 unspecified atom stereocenters. The van der Waals surface area contributed by atoms with Crippen LogP contribution in [0, 0.1) is 12.7 Å². The number of fused-ring (bicyclic) bond motifs is 1. The van der Waals surface area contributed by atoms with Crippen LogP contribution in [0.2, 0.25) is 0 Å². The number of halogens is 1. The third kappa shape index (κ3) is 4.54. The maximum Gasteiger partial charge on any atom is 0.261 e. The summed E-state index contributed by atoms with van der Waals surface area (Å²) in [4.78, 5) is 13.0. The minimum Gasteiger partial charge on any atom is -0.493 e. The lowest BCUT2D eigenvalue weighted by molar-refractivity contribution is 0.0924. The van der Waals surface area contributed by atoms with Crippen molar-refractivity contribution < 1.29 is 22.3 Å². The Balaban J connectivity index is 1.58. The van der Waals surface area contributed by atoms with Gasteiger partial charge in [-0.15, -0.1) is 0 Å². The van der Waals surface area contributed by atoms with Gasteiger partial charge in [0.15, 0.2) is 0 Å². The summed E-state index contributed by atoms with van der Waals surface area (Å²) in [6, 6.07) is 16.6. The van der Waals surface area contributed by atoms with E-state index >= 15 is 0 Å². The SMILES string of the molecule is Cc1ccc(S(=O)(=O)Nc2ccc(F)cc2)cc1C(=O)NC1CCOc2ccccc21. The number of anilines is 1. The van der Waals surface area contributed by atoms with E-state index in [1.807, 2.05) is 24.3 Å². The van der Waals surface area contributed by atoms with E-state index in [-0.39, 0.29) is 28.1 Å². The van der Waals surface area contributed by atoms with Crippen molar-refractivity contribution in [2.45, 2.75) is 24.3 Å². The third-order valence-electron chi connectivity index (χ3n) is 5.12. The van der Waals surface area contributed by atoms with E-state index in [4.69, 9.17) is 4.74 Å². The van der Waals surface area contributed by atoms with E-state index in [9.17, 15) is 17.6 Å². The molecule has 160 valence electrons. The van der Waals surface area contributed by atoms with Gasteiger partial charge in [-0.05, 0) is 55.0 Å². The fourth-order valence-electron chi connectivity index (χ4n) is 3.47. The molecule has 0 fully saturated rings. The number of amides is 1. The number of nitrogens with one attached hydrogen (secondary N) is 2.